The molecule has 0 aliphatic carbocycles. The number of carbonyl (C=O) groups excluding carboxylic acids is 2. The largest absolute Gasteiger partial charge is 0.337 e. The fourth-order valence-corrected chi connectivity index (χ4v) is 3.94. The molecule has 2 atom stereocenters. The van der Waals surface area contributed by atoms with Gasteiger partial charge < -0.3 is 14.7 Å². The van der Waals surface area contributed by atoms with Crippen LogP contribution >= 0.6 is 0 Å². The fraction of sp³-hybridized carbons (Fsp3) is 0.579. The Balaban J connectivity index is 1.83. The Morgan fingerprint density at radius 3 is 2.64 bits per heavy atom. The number of rotatable bonds is 4. The van der Waals surface area contributed by atoms with Gasteiger partial charge in [-0.25, -0.2) is 4.39 Å². The third kappa shape index (κ3) is 3.40. The zero-order valence-electron chi connectivity index (χ0n) is 15.2. The van der Waals surface area contributed by atoms with Gasteiger partial charge in [-0.1, -0.05) is 13.3 Å². The lowest BCUT2D eigenvalue weighted by Gasteiger charge is -2.24. The molecule has 2 unspecified atom stereocenters. The van der Waals surface area contributed by atoms with E-state index in [1.807, 2.05) is 14.1 Å². The molecule has 6 heteroatoms. The van der Waals surface area contributed by atoms with Crippen LogP contribution in [-0.4, -0.2) is 61.4 Å². The summed E-state index contributed by atoms with van der Waals surface area (Å²) in [5.74, 6) is -0.384. The highest BCUT2D eigenvalue weighted by Gasteiger charge is 2.36. The summed E-state index contributed by atoms with van der Waals surface area (Å²) < 4.78 is 14.3. The van der Waals surface area contributed by atoms with Crippen molar-refractivity contribution in [2.45, 2.75) is 32.2 Å². The van der Waals surface area contributed by atoms with Gasteiger partial charge in [-0.2, -0.15) is 0 Å². The second-order valence-electron chi connectivity index (χ2n) is 7.22. The minimum atomic E-state index is -0.526. The van der Waals surface area contributed by atoms with E-state index in [0.29, 0.717) is 43.7 Å². The summed E-state index contributed by atoms with van der Waals surface area (Å²) in [6, 6.07) is 4.70. The molecule has 0 aromatic heterocycles. The molecule has 1 aromatic carbocycles. The molecule has 136 valence electrons. The monoisotopic (exact) mass is 347 g/mol. The highest BCUT2D eigenvalue weighted by atomic mass is 19.1. The third-order valence-electron chi connectivity index (χ3n) is 5.45. The highest BCUT2D eigenvalue weighted by Crippen LogP contribution is 2.28. The molecule has 1 aromatic rings. The van der Waals surface area contributed by atoms with Crippen LogP contribution in [0.15, 0.2) is 18.2 Å². The number of hydrogen-bond acceptors (Lipinski definition) is 3. The average molecular weight is 347 g/mol. The Morgan fingerprint density at radius 1 is 1.32 bits per heavy atom. The Hall–Kier alpha value is -1.95. The van der Waals surface area contributed by atoms with Crippen LogP contribution in [0, 0.1) is 11.7 Å². The van der Waals surface area contributed by atoms with E-state index in [0.717, 1.165) is 12.8 Å². The summed E-state index contributed by atoms with van der Waals surface area (Å²) in [5, 5.41) is 0. The van der Waals surface area contributed by atoms with Crippen molar-refractivity contribution < 1.29 is 14.0 Å². The Labute approximate surface area is 148 Å². The molecule has 0 saturated carbocycles. The summed E-state index contributed by atoms with van der Waals surface area (Å²) in [6.07, 6.45) is 2.29. The van der Waals surface area contributed by atoms with Crippen molar-refractivity contribution >= 4 is 17.5 Å². The number of amides is 2. The molecule has 0 radical (unpaired) electrons. The zero-order valence-corrected chi connectivity index (χ0v) is 15.2. The lowest BCUT2D eigenvalue weighted by atomic mass is 10.0. The summed E-state index contributed by atoms with van der Waals surface area (Å²) in [7, 11) is 4.03. The summed E-state index contributed by atoms with van der Waals surface area (Å²) >= 11 is 0. The number of anilines is 1. The molecule has 0 N–H and O–H groups in total. The molecule has 2 fully saturated rings. The van der Waals surface area contributed by atoms with Crippen molar-refractivity contribution in [2.75, 3.05) is 38.6 Å². The maximum absolute atomic E-state index is 14.3. The van der Waals surface area contributed by atoms with Gasteiger partial charge in [0.25, 0.3) is 5.91 Å². The van der Waals surface area contributed by atoms with Crippen LogP contribution in [0.25, 0.3) is 0 Å². The maximum atomic E-state index is 14.3. The van der Waals surface area contributed by atoms with Crippen LogP contribution in [0.2, 0.25) is 0 Å². The number of hydrogen-bond donors (Lipinski definition) is 0. The number of likely N-dealkylation sites (N-methyl/N-ethyl adjacent to an activating group) is 1. The van der Waals surface area contributed by atoms with E-state index in [4.69, 9.17) is 0 Å². The summed E-state index contributed by atoms with van der Waals surface area (Å²) in [6.45, 7) is 4.00. The Morgan fingerprint density at radius 2 is 2.08 bits per heavy atom. The van der Waals surface area contributed by atoms with Gasteiger partial charge in [0.05, 0.1) is 5.56 Å². The number of carbonyl (C=O) groups is 2. The van der Waals surface area contributed by atoms with E-state index in [1.54, 1.807) is 15.9 Å². The molecule has 2 saturated heterocycles. The first-order valence-corrected chi connectivity index (χ1v) is 8.98. The van der Waals surface area contributed by atoms with Gasteiger partial charge in [-0.15, -0.1) is 0 Å². The highest BCUT2D eigenvalue weighted by molar-refractivity contribution is 5.99. The average Bonchev–Trinajstić information content (AvgIpc) is 3.21. The smallest absolute Gasteiger partial charge is 0.256 e. The normalized spacial score (nSPS) is 23.8. The van der Waals surface area contributed by atoms with Crippen molar-refractivity contribution in [1.82, 2.24) is 9.80 Å². The van der Waals surface area contributed by atoms with Gasteiger partial charge in [0.1, 0.15) is 5.82 Å². The molecule has 2 amide bonds. The van der Waals surface area contributed by atoms with Crippen LogP contribution in [0.5, 0.6) is 0 Å². The number of halogens is 1. The van der Waals surface area contributed by atoms with Gasteiger partial charge in [0.2, 0.25) is 5.91 Å². The van der Waals surface area contributed by atoms with E-state index in [9.17, 15) is 14.0 Å². The van der Waals surface area contributed by atoms with Crippen molar-refractivity contribution in [3.05, 3.63) is 29.6 Å². The van der Waals surface area contributed by atoms with Crippen molar-refractivity contribution in [3.63, 3.8) is 0 Å². The number of benzene rings is 1. The maximum Gasteiger partial charge on any atom is 0.256 e. The van der Waals surface area contributed by atoms with Crippen molar-refractivity contribution in [2.24, 2.45) is 5.92 Å². The topological polar surface area (TPSA) is 43.9 Å². The lowest BCUT2D eigenvalue weighted by molar-refractivity contribution is -0.117. The molecule has 25 heavy (non-hydrogen) atoms. The van der Waals surface area contributed by atoms with E-state index >= 15 is 0 Å². The number of likely N-dealkylation sites (tertiary alicyclic amines) is 1. The molecule has 2 aliphatic rings. The Bertz CT molecular complexity index is 677. The standard InChI is InChI=1S/C19H26FN3O2/c1-4-13-11-22(12-17(13)21(2)3)19(25)15-10-14(7-8-16(15)20)23-9-5-6-18(23)24/h7-8,10,13,17H,4-6,9,11-12H2,1-3H3. The summed E-state index contributed by atoms with van der Waals surface area (Å²) in [4.78, 5) is 30.4. The van der Waals surface area contributed by atoms with Gasteiger partial charge in [-0.05, 0) is 44.6 Å². The quantitative estimate of drug-likeness (QED) is 0.840. The van der Waals surface area contributed by atoms with Crippen LogP contribution in [-0.2, 0) is 4.79 Å². The van der Waals surface area contributed by atoms with Gasteiger partial charge >= 0.3 is 0 Å². The Kier molecular flexibility index (Phi) is 5.08. The first kappa shape index (κ1) is 17.9. The molecule has 2 heterocycles. The van der Waals surface area contributed by atoms with Gasteiger partial charge in [0, 0.05) is 37.8 Å². The predicted octanol–water partition coefficient (Wildman–Crippen LogP) is 2.36. The minimum Gasteiger partial charge on any atom is -0.337 e. The van der Waals surface area contributed by atoms with E-state index in [-0.39, 0.29) is 17.4 Å². The van der Waals surface area contributed by atoms with Crippen LogP contribution < -0.4 is 4.90 Å². The van der Waals surface area contributed by atoms with Crippen LogP contribution in [0.3, 0.4) is 0 Å². The van der Waals surface area contributed by atoms with E-state index in [1.165, 1.54) is 12.1 Å². The van der Waals surface area contributed by atoms with E-state index in [2.05, 4.69) is 11.8 Å². The van der Waals surface area contributed by atoms with E-state index < -0.39 is 5.82 Å². The SMILES string of the molecule is CCC1CN(C(=O)c2cc(N3CCCC3=O)ccc2F)CC1N(C)C. The third-order valence-corrected chi connectivity index (χ3v) is 5.45. The molecular weight excluding hydrogens is 321 g/mol. The van der Waals surface area contributed by atoms with Crippen molar-refractivity contribution in [3.8, 4) is 0 Å². The molecule has 3 rings (SSSR count). The van der Waals surface area contributed by atoms with Gasteiger partial charge in [0.15, 0.2) is 0 Å². The molecule has 5 nitrogen and oxygen atoms in total. The molecular formula is C19H26FN3O2. The van der Waals surface area contributed by atoms with Gasteiger partial charge in [-0.3, -0.25) is 9.59 Å². The second-order valence-corrected chi connectivity index (χ2v) is 7.22. The van der Waals surface area contributed by atoms with Crippen LogP contribution in [0.4, 0.5) is 10.1 Å². The fourth-order valence-electron chi connectivity index (χ4n) is 3.94. The second kappa shape index (κ2) is 7.12. The molecule has 0 spiro atoms. The first-order valence-electron chi connectivity index (χ1n) is 8.98. The zero-order chi connectivity index (χ0) is 18.1. The minimum absolute atomic E-state index is 0.0323. The van der Waals surface area contributed by atoms with Crippen LogP contribution in [0.1, 0.15) is 36.5 Å². The lowest BCUT2D eigenvalue weighted by Crippen LogP contribution is -2.36. The molecule has 0 bridgehead atoms. The predicted molar refractivity (Wildman–Crippen MR) is 95.1 cm³/mol. The summed E-state index contributed by atoms with van der Waals surface area (Å²) in [5.41, 5.74) is 0.675. The first-order chi connectivity index (χ1) is 11.9. The molecule has 2 aliphatic heterocycles. The number of nitrogens with zero attached hydrogens (tertiary/aromatic N) is 3. The van der Waals surface area contributed by atoms with Crippen molar-refractivity contribution in [1.29, 1.82) is 0 Å².